The maximum absolute atomic E-state index is 12.9. The van der Waals surface area contributed by atoms with Gasteiger partial charge in [-0.2, -0.15) is 5.10 Å². The fourth-order valence-corrected chi connectivity index (χ4v) is 3.88. The molecule has 0 spiro atoms. The first-order valence-electron chi connectivity index (χ1n) is 10.9. The highest BCUT2D eigenvalue weighted by Gasteiger charge is 2.20. The van der Waals surface area contributed by atoms with Crippen LogP contribution in [0.2, 0.25) is 5.15 Å². The average Bonchev–Trinajstić information content (AvgIpc) is 3.45. The Bertz CT molecular complexity index is 1290. The molecule has 0 fully saturated rings. The Morgan fingerprint density at radius 2 is 1.71 bits per heavy atom. The van der Waals surface area contributed by atoms with Crippen molar-refractivity contribution >= 4 is 23.4 Å². The molecule has 0 unspecified atom stereocenters. The molecule has 174 valence electrons. The Balaban J connectivity index is 1.39. The predicted octanol–water partition coefficient (Wildman–Crippen LogP) is 4.65. The number of hydrogen-bond donors (Lipinski definition) is 2. The highest BCUT2D eigenvalue weighted by molar-refractivity contribution is 6.33. The summed E-state index contributed by atoms with van der Waals surface area (Å²) in [5.74, 6) is 0.137. The third-order valence-corrected chi connectivity index (χ3v) is 5.78. The van der Waals surface area contributed by atoms with Crippen LogP contribution < -0.4 is 10.6 Å². The van der Waals surface area contributed by atoms with Crippen LogP contribution in [-0.2, 0) is 19.6 Å². The zero-order chi connectivity index (χ0) is 24.1. The minimum absolute atomic E-state index is 0.221. The second kappa shape index (κ2) is 10.4. The Morgan fingerprint density at radius 1 is 0.941 bits per heavy atom. The van der Waals surface area contributed by atoms with E-state index in [-0.39, 0.29) is 18.4 Å². The lowest BCUT2D eigenvalue weighted by molar-refractivity contribution is 0.0943. The van der Waals surface area contributed by atoms with Crippen LogP contribution in [0.3, 0.4) is 0 Å². The molecule has 4 aromatic rings. The number of aromatic nitrogens is 2. The minimum atomic E-state index is -0.315. The van der Waals surface area contributed by atoms with Crippen LogP contribution in [0, 0.1) is 13.8 Å². The second-order valence-corrected chi connectivity index (χ2v) is 8.40. The van der Waals surface area contributed by atoms with Gasteiger partial charge in [0, 0.05) is 12.1 Å². The molecular formula is C26H25ClN4O3. The lowest BCUT2D eigenvalue weighted by Gasteiger charge is -2.08. The van der Waals surface area contributed by atoms with Gasteiger partial charge in [-0.25, -0.2) is 4.68 Å². The van der Waals surface area contributed by atoms with Gasteiger partial charge in [0.05, 0.1) is 30.6 Å². The van der Waals surface area contributed by atoms with Crippen LogP contribution in [0.5, 0.6) is 0 Å². The molecule has 0 aliphatic rings. The number of aryl methyl sites for hydroxylation is 2. The van der Waals surface area contributed by atoms with Crippen molar-refractivity contribution in [1.82, 2.24) is 20.4 Å². The highest BCUT2D eigenvalue weighted by atomic mass is 35.5. The molecule has 0 aliphatic heterocycles. The molecule has 2 aromatic carbocycles. The number of hydrogen-bond acceptors (Lipinski definition) is 4. The summed E-state index contributed by atoms with van der Waals surface area (Å²) in [7, 11) is 0. The summed E-state index contributed by atoms with van der Waals surface area (Å²) >= 11 is 6.51. The molecular weight excluding hydrogens is 452 g/mol. The van der Waals surface area contributed by atoms with Gasteiger partial charge < -0.3 is 15.1 Å². The number of carbonyl (C=O) groups is 2. The first kappa shape index (κ1) is 23.3. The van der Waals surface area contributed by atoms with E-state index in [0.717, 1.165) is 11.1 Å². The van der Waals surface area contributed by atoms with E-state index in [2.05, 4.69) is 15.7 Å². The molecule has 0 bridgehead atoms. The van der Waals surface area contributed by atoms with E-state index in [1.54, 1.807) is 48.2 Å². The van der Waals surface area contributed by atoms with Gasteiger partial charge in [0.15, 0.2) is 0 Å². The zero-order valence-electron chi connectivity index (χ0n) is 19.0. The third kappa shape index (κ3) is 5.55. The smallest absolute Gasteiger partial charge is 0.256 e. The predicted molar refractivity (Wildman–Crippen MR) is 130 cm³/mol. The van der Waals surface area contributed by atoms with E-state index < -0.39 is 0 Å². The van der Waals surface area contributed by atoms with E-state index in [1.807, 2.05) is 37.3 Å². The normalized spacial score (nSPS) is 10.8. The molecule has 7 nitrogen and oxygen atoms in total. The van der Waals surface area contributed by atoms with Gasteiger partial charge in [0.25, 0.3) is 11.8 Å². The maximum atomic E-state index is 12.9. The molecule has 34 heavy (non-hydrogen) atoms. The number of carbonyl (C=O) groups excluding carboxylic acids is 2. The average molecular weight is 477 g/mol. The van der Waals surface area contributed by atoms with E-state index >= 15 is 0 Å². The van der Waals surface area contributed by atoms with E-state index in [9.17, 15) is 9.59 Å². The van der Waals surface area contributed by atoms with Gasteiger partial charge in [-0.1, -0.05) is 53.6 Å². The molecule has 0 aliphatic carbocycles. The molecule has 4 rings (SSSR count). The molecule has 8 heteroatoms. The van der Waals surface area contributed by atoms with Crippen LogP contribution in [0.4, 0.5) is 0 Å². The summed E-state index contributed by atoms with van der Waals surface area (Å²) in [6.45, 7) is 4.81. The summed E-state index contributed by atoms with van der Waals surface area (Å²) in [4.78, 5) is 25.3. The molecule has 2 amide bonds. The van der Waals surface area contributed by atoms with Crippen molar-refractivity contribution in [3.8, 4) is 0 Å². The Labute approximate surface area is 202 Å². The second-order valence-electron chi connectivity index (χ2n) is 8.04. The first-order valence-corrected chi connectivity index (χ1v) is 11.2. The van der Waals surface area contributed by atoms with Gasteiger partial charge in [-0.15, -0.1) is 0 Å². The van der Waals surface area contributed by atoms with Gasteiger partial charge in [-0.05, 0) is 49.2 Å². The fourth-order valence-electron chi connectivity index (χ4n) is 3.56. The standard InChI is InChI=1S/C26H25ClN4O3/c1-17-8-10-19(11-9-17)16-31-24(27)23(18(2)30-31)26(33)28-14-20-5-3-6-21(13-20)25(32)29-15-22-7-4-12-34-22/h3-13H,14-16H2,1-2H3,(H,28,33)(H,29,32). The number of furan rings is 1. The van der Waals surface area contributed by atoms with Gasteiger partial charge in [0.1, 0.15) is 10.9 Å². The summed E-state index contributed by atoms with van der Waals surface area (Å²) < 4.78 is 6.85. The van der Waals surface area contributed by atoms with Crippen molar-refractivity contribution in [2.24, 2.45) is 0 Å². The lowest BCUT2D eigenvalue weighted by Crippen LogP contribution is -2.25. The van der Waals surface area contributed by atoms with Crippen molar-refractivity contribution in [3.05, 3.63) is 111 Å². The maximum Gasteiger partial charge on any atom is 0.256 e. The van der Waals surface area contributed by atoms with Gasteiger partial charge in [-0.3, -0.25) is 9.59 Å². The number of amides is 2. The molecule has 2 aromatic heterocycles. The molecule has 0 atom stereocenters. The summed E-state index contributed by atoms with van der Waals surface area (Å²) in [6.07, 6.45) is 1.56. The SMILES string of the molecule is Cc1ccc(Cn2nc(C)c(C(=O)NCc3cccc(C(=O)NCc4ccco4)c3)c2Cl)cc1. The van der Waals surface area contributed by atoms with Crippen LogP contribution >= 0.6 is 11.6 Å². The van der Waals surface area contributed by atoms with E-state index in [0.29, 0.717) is 40.8 Å². The molecule has 2 heterocycles. The van der Waals surface area contributed by atoms with E-state index in [4.69, 9.17) is 16.0 Å². The van der Waals surface area contributed by atoms with Crippen molar-refractivity contribution in [1.29, 1.82) is 0 Å². The number of nitrogens with one attached hydrogen (secondary N) is 2. The van der Waals surface area contributed by atoms with Crippen LogP contribution in [0.15, 0.2) is 71.3 Å². The molecule has 0 saturated carbocycles. The van der Waals surface area contributed by atoms with Crippen molar-refractivity contribution in [3.63, 3.8) is 0 Å². The summed E-state index contributed by atoms with van der Waals surface area (Å²) in [5, 5.41) is 10.4. The highest BCUT2D eigenvalue weighted by Crippen LogP contribution is 2.21. The Morgan fingerprint density at radius 3 is 2.44 bits per heavy atom. The first-order chi connectivity index (χ1) is 16.4. The number of rotatable bonds is 8. The van der Waals surface area contributed by atoms with Crippen LogP contribution in [0.25, 0.3) is 0 Å². The Kier molecular flexibility index (Phi) is 7.13. The van der Waals surface area contributed by atoms with Crippen LogP contribution in [0.1, 0.15) is 48.9 Å². The zero-order valence-corrected chi connectivity index (χ0v) is 19.7. The quantitative estimate of drug-likeness (QED) is 0.387. The number of benzene rings is 2. The molecule has 2 N–H and O–H groups in total. The molecule has 0 saturated heterocycles. The monoisotopic (exact) mass is 476 g/mol. The topological polar surface area (TPSA) is 89.2 Å². The number of nitrogens with zero attached hydrogens (tertiary/aromatic N) is 2. The van der Waals surface area contributed by atoms with Gasteiger partial charge >= 0.3 is 0 Å². The minimum Gasteiger partial charge on any atom is -0.467 e. The number of halogens is 1. The summed E-state index contributed by atoms with van der Waals surface area (Å²) in [6, 6.07) is 18.7. The van der Waals surface area contributed by atoms with Crippen molar-refractivity contribution in [2.75, 3.05) is 0 Å². The third-order valence-electron chi connectivity index (χ3n) is 5.39. The largest absolute Gasteiger partial charge is 0.467 e. The van der Waals surface area contributed by atoms with E-state index in [1.165, 1.54) is 5.56 Å². The fraction of sp³-hybridized carbons (Fsp3) is 0.192. The van der Waals surface area contributed by atoms with Crippen molar-refractivity contribution in [2.45, 2.75) is 33.5 Å². The van der Waals surface area contributed by atoms with Gasteiger partial charge in [0.2, 0.25) is 0 Å². The van der Waals surface area contributed by atoms with Crippen molar-refractivity contribution < 1.29 is 14.0 Å². The lowest BCUT2D eigenvalue weighted by atomic mass is 10.1. The molecule has 0 radical (unpaired) electrons. The summed E-state index contributed by atoms with van der Waals surface area (Å²) in [5.41, 5.74) is 4.41. The Hall–Kier alpha value is -3.84. The van der Waals surface area contributed by atoms with Crippen LogP contribution in [-0.4, -0.2) is 21.6 Å².